The molecule has 98 valence electrons. The minimum atomic E-state index is 1.02. The Kier molecular flexibility index (Phi) is 1.95. The van der Waals surface area contributed by atoms with Crippen LogP contribution in [0.5, 0.6) is 0 Å². The lowest BCUT2D eigenvalue weighted by molar-refractivity contribution is 1.27. The Labute approximate surface area is 120 Å². The third kappa shape index (κ3) is 1.37. The van der Waals surface area contributed by atoms with E-state index >= 15 is 0 Å². The van der Waals surface area contributed by atoms with Crippen LogP contribution in [0.3, 0.4) is 0 Å². The summed E-state index contributed by atoms with van der Waals surface area (Å²) in [4.78, 5) is 9.05. The van der Waals surface area contributed by atoms with E-state index in [2.05, 4.69) is 57.0 Å². The summed E-state index contributed by atoms with van der Waals surface area (Å²) < 4.78 is 2.21. The number of fused-ring (bicyclic) bond motifs is 7. The first-order chi connectivity index (χ1) is 10.4. The fourth-order valence-electron chi connectivity index (χ4n) is 3.13. The van der Waals surface area contributed by atoms with Crippen molar-refractivity contribution in [1.82, 2.24) is 14.4 Å². The van der Waals surface area contributed by atoms with Gasteiger partial charge in [0.15, 0.2) is 0 Å². The van der Waals surface area contributed by atoms with E-state index in [0.717, 1.165) is 21.9 Å². The normalized spacial score (nSPS) is 11.8. The predicted octanol–water partition coefficient (Wildman–Crippen LogP) is 4.19. The lowest BCUT2D eigenvalue weighted by Crippen LogP contribution is -1.92. The maximum absolute atomic E-state index is 4.57. The summed E-state index contributed by atoms with van der Waals surface area (Å²) in [6.07, 6.45) is 5.78. The summed E-state index contributed by atoms with van der Waals surface area (Å²) in [5.41, 5.74) is 4.38. The first-order valence-corrected chi connectivity index (χ1v) is 6.94. The summed E-state index contributed by atoms with van der Waals surface area (Å²) in [5, 5.41) is 3.52. The van der Waals surface area contributed by atoms with Crippen LogP contribution in [0.2, 0.25) is 0 Å². The number of benzene rings is 1. The highest BCUT2D eigenvalue weighted by atomic mass is 14.9. The van der Waals surface area contributed by atoms with Gasteiger partial charge in [-0.1, -0.05) is 12.1 Å². The molecule has 0 aliphatic rings. The highest BCUT2D eigenvalue weighted by Crippen LogP contribution is 2.30. The summed E-state index contributed by atoms with van der Waals surface area (Å²) in [7, 11) is 0. The second-order valence-electron chi connectivity index (χ2n) is 5.23. The van der Waals surface area contributed by atoms with Crippen LogP contribution in [0.4, 0.5) is 0 Å². The molecule has 0 N–H and O–H groups in total. The largest absolute Gasteiger partial charge is 0.314 e. The Morgan fingerprint density at radius 2 is 1.67 bits per heavy atom. The molecule has 0 radical (unpaired) electrons. The van der Waals surface area contributed by atoms with Crippen molar-refractivity contribution in [2.75, 3.05) is 0 Å². The van der Waals surface area contributed by atoms with Crippen LogP contribution in [0.25, 0.3) is 38.2 Å². The van der Waals surface area contributed by atoms with Gasteiger partial charge in [0, 0.05) is 34.7 Å². The fraction of sp³-hybridized carbons (Fsp3) is 0. The average Bonchev–Trinajstić information content (AvgIpc) is 3.03. The van der Waals surface area contributed by atoms with Crippen LogP contribution in [0, 0.1) is 0 Å². The van der Waals surface area contributed by atoms with Gasteiger partial charge in [-0.2, -0.15) is 0 Å². The van der Waals surface area contributed by atoms with Crippen LogP contribution in [0.15, 0.2) is 67.1 Å². The summed E-state index contributed by atoms with van der Waals surface area (Å²) in [6, 6.07) is 16.7. The molecule has 5 rings (SSSR count). The molecule has 0 spiro atoms. The number of hydrogen-bond donors (Lipinski definition) is 0. The summed E-state index contributed by atoms with van der Waals surface area (Å²) in [6.45, 7) is 0. The van der Waals surface area contributed by atoms with Gasteiger partial charge < -0.3 is 4.40 Å². The molecule has 4 heterocycles. The smallest absolute Gasteiger partial charge is 0.0948 e. The van der Waals surface area contributed by atoms with E-state index in [4.69, 9.17) is 0 Å². The van der Waals surface area contributed by atoms with E-state index in [9.17, 15) is 0 Å². The molecule has 5 aromatic rings. The van der Waals surface area contributed by atoms with Crippen molar-refractivity contribution in [1.29, 1.82) is 0 Å². The van der Waals surface area contributed by atoms with Gasteiger partial charge in [-0.3, -0.25) is 9.97 Å². The first kappa shape index (κ1) is 10.8. The van der Waals surface area contributed by atoms with Crippen LogP contribution >= 0.6 is 0 Å². The minimum Gasteiger partial charge on any atom is -0.314 e. The van der Waals surface area contributed by atoms with Gasteiger partial charge in [-0.15, -0.1) is 0 Å². The molecule has 0 saturated carbocycles. The van der Waals surface area contributed by atoms with Gasteiger partial charge in [0.25, 0.3) is 0 Å². The molecule has 4 aromatic heterocycles. The number of pyridine rings is 3. The number of hydrogen-bond acceptors (Lipinski definition) is 2. The number of nitrogens with zero attached hydrogens (tertiary/aromatic N) is 3. The van der Waals surface area contributed by atoms with Gasteiger partial charge in [0.05, 0.1) is 22.1 Å². The van der Waals surface area contributed by atoms with Crippen LogP contribution in [-0.2, 0) is 0 Å². The second-order valence-corrected chi connectivity index (χ2v) is 5.23. The van der Waals surface area contributed by atoms with Crippen molar-refractivity contribution in [2.24, 2.45) is 0 Å². The molecule has 0 fully saturated rings. The average molecular weight is 269 g/mol. The molecule has 0 aliphatic carbocycles. The van der Waals surface area contributed by atoms with Crippen LogP contribution < -0.4 is 0 Å². The van der Waals surface area contributed by atoms with Crippen LogP contribution in [0.1, 0.15) is 0 Å². The fourth-order valence-corrected chi connectivity index (χ4v) is 3.13. The summed E-state index contributed by atoms with van der Waals surface area (Å²) in [5.74, 6) is 0. The molecule has 0 saturated heterocycles. The highest BCUT2D eigenvalue weighted by molar-refractivity contribution is 6.13. The van der Waals surface area contributed by atoms with Crippen LogP contribution in [-0.4, -0.2) is 14.4 Å². The van der Waals surface area contributed by atoms with E-state index in [1.807, 2.05) is 24.5 Å². The summed E-state index contributed by atoms with van der Waals surface area (Å²) >= 11 is 0. The van der Waals surface area contributed by atoms with E-state index in [0.29, 0.717) is 0 Å². The molecule has 21 heavy (non-hydrogen) atoms. The third-order valence-electron chi connectivity index (χ3n) is 4.07. The standard InChI is InChI=1S/C18H11N3/c1-4-12-10-17-14(11-15(12)19-7-1)13-5-2-8-20-18(13)16-6-3-9-21(16)17/h1-11H. The lowest BCUT2D eigenvalue weighted by Gasteiger charge is -2.09. The maximum Gasteiger partial charge on any atom is 0.0948 e. The maximum atomic E-state index is 4.57. The highest BCUT2D eigenvalue weighted by Gasteiger charge is 2.09. The van der Waals surface area contributed by atoms with E-state index in [-0.39, 0.29) is 0 Å². The van der Waals surface area contributed by atoms with E-state index < -0.39 is 0 Å². The quantitative estimate of drug-likeness (QED) is 0.312. The molecule has 0 unspecified atom stereocenters. The SMILES string of the molecule is c1cnc2cc3c4cccnc4c4cccn4c3cc2c1. The Bertz CT molecular complexity index is 1140. The van der Waals surface area contributed by atoms with Gasteiger partial charge >= 0.3 is 0 Å². The molecule has 3 nitrogen and oxygen atoms in total. The van der Waals surface area contributed by atoms with Crippen molar-refractivity contribution < 1.29 is 0 Å². The van der Waals surface area contributed by atoms with Crippen molar-refractivity contribution in [2.45, 2.75) is 0 Å². The number of rotatable bonds is 0. The Morgan fingerprint density at radius 3 is 2.67 bits per heavy atom. The molecule has 0 aliphatic heterocycles. The molecule has 0 amide bonds. The molecule has 0 bridgehead atoms. The zero-order valence-electron chi connectivity index (χ0n) is 11.2. The van der Waals surface area contributed by atoms with Gasteiger partial charge in [0.1, 0.15) is 0 Å². The lowest BCUT2D eigenvalue weighted by atomic mass is 10.1. The monoisotopic (exact) mass is 269 g/mol. The topological polar surface area (TPSA) is 30.2 Å². The first-order valence-electron chi connectivity index (χ1n) is 6.94. The Balaban J connectivity index is 2.18. The van der Waals surface area contributed by atoms with Crippen molar-refractivity contribution >= 4 is 38.2 Å². The minimum absolute atomic E-state index is 1.02. The second kappa shape index (κ2) is 3.79. The molecule has 0 atom stereocenters. The van der Waals surface area contributed by atoms with Gasteiger partial charge in [-0.25, -0.2) is 0 Å². The molecular weight excluding hydrogens is 258 g/mol. The van der Waals surface area contributed by atoms with E-state index in [1.165, 1.54) is 16.3 Å². The Morgan fingerprint density at radius 1 is 0.762 bits per heavy atom. The zero-order chi connectivity index (χ0) is 13.8. The van der Waals surface area contributed by atoms with Gasteiger partial charge in [-0.05, 0) is 36.4 Å². The molecule has 1 aromatic carbocycles. The number of aromatic nitrogens is 3. The van der Waals surface area contributed by atoms with Crippen molar-refractivity contribution in [3.63, 3.8) is 0 Å². The van der Waals surface area contributed by atoms with Crippen molar-refractivity contribution in [3.05, 3.63) is 67.1 Å². The third-order valence-corrected chi connectivity index (χ3v) is 4.07. The Hall–Kier alpha value is -2.94. The predicted molar refractivity (Wildman–Crippen MR) is 85.5 cm³/mol. The van der Waals surface area contributed by atoms with Gasteiger partial charge in [0.2, 0.25) is 0 Å². The van der Waals surface area contributed by atoms with Crippen molar-refractivity contribution in [3.8, 4) is 0 Å². The molecule has 3 heteroatoms. The molecular formula is C18H11N3. The zero-order valence-corrected chi connectivity index (χ0v) is 11.2. The van der Waals surface area contributed by atoms with E-state index in [1.54, 1.807) is 0 Å².